The van der Waals surface area contributed by atoms with Crippen molar-refractivity contribution in [2.24, 2.45) is 0 Å². The average molecular weight is 458 g/mol. The van der Waals surface area contributed by atoms with Gasteiger partial charge in [0.25, 0.3) is 11.8 Å². The van der Waals surface area contributed by atoms with Gasteiger partial charge < -0.3 is 15.3 Å². The average Bonchev–Trinajstić information content (AvgIpc) is 2.87. The first kappa shape index (κ1) is 24.4. The standard InChI is InChI=1S/C27H27N3O4/c1-2-16-29-26(33)23-12-5-3-10-21(23)22-11-4-6-13-24(22)27(34)30(19-15-25(31)32)18-14-20-9-7-8-17-28-20/h2-13,17H,1,14-16,18-19H2,(H,29,33)(H,31,32). The lowest BCUT2D eigenvalue weighted by Gasteiger charge is -2.24. The van der Waals surface area contributed by atoms with Gasteiger partial charge in [-0.3, -0.25) is 19.4 Å². The third-order valence-electron chi connectivity index (χ3n) is 5.27. The van der Waals surface area contributed by atoms with E-state index >= 15 is 0 Å². The van der Waals surface area contributed by atoms with Crippen LogP contribution < -0.4 is 5.32 Å². The summed E-state index contributed by atoms with van der Waals surface area (Å²) in [5.41, 5.74) is 2.88. The molecule has 0 saturated heterocycles. The van der Waals surface area contributed by atoms with Gasteiger partial charge in [-0.2, -0.15) is 0 Å². The molecule has 0 aliphatic heterocycles. The molecule has 3 aromatic rings. The van der Waals surface area contributed by atoms with Crippen LogP contribution in [0.2, 0.25) is 0 Å². The maximum absolute atomic E-state index is 13.6. The van der Waals surface area contributed by atoms with Crippen LogP contribution >= 0.6 is 0 Å². The van der Waals surface area contributed by atoms with Gasteiger partial charge in [0.15, 0.2) is 0 Å². The normalized spacial score (nSPS) is 10.4. The zero-order valence-corrected chi connectivity index (χ0v) is 18.8. The van der Waals surface area contributed by atoms with Crippen molar-refractivity contribution in [2.75, 3.05) is 19.6 Å². The molecule has 0 fully saturated rings. The van der Waals surface area contributed by atoms with Crippen LogP contribution in [-0.4, -0.2) is 52.4 Å². The van der Waals surface area contributed by atoms with Crippen molar-refractivity contribution >= 4 is 17.8 Å². The van der Waals surface area contributed by atoms with E-state index < -0.39 is 5.97 Å². The second-order valence-corrected chi connectivity index (χ2v) is 7.60. The van der Waals surface area contributed by atoms with Crippen molar-refractivity contribution < 1.29 is 19.5 Å². The molecule has 2 N–H and O–H groups in total. The predicted molar refractivity (Wildman–Crippen MR) is 131 cm³/mol. The van der Waals surface area contributed by atoms with E-state index in [-0.39, 0.29) is 24.8 Å². The third kappa shape index (κ3) is 6.38. The lowest BCUT2D eigenvalue weighted by Crippen LogP contribution is -2.35. The molecule has 1 heterocycles. The molecule has 1 aromatic heterocycles. The van der Waals surface area contributed by atoms with Crippen LogP contribution in [0.5, 0.6) is 0 Å². The minimum absolute atomic E-state index is 0.0663. The lowest BCUT2D eigenvalue weighted by molar-refractivity contribution is -0.137. The molecular weight excluding hydrogens is 430 g/mol. The molecule has 34 heavy (non-hydrogen) atoms. The van der Waals surface area contributed by atoms with Crippen LogP contribution in [0.3, 0.4) is 0 Å². The number of nitrogens with zero attached hydrogens (tertiary/aromatic N) is 2. The van der Waals surface area contributed by atoms with Crippen molar-refractivity contribution in [1.82, 2.24) is 15.2 Å². The molecule has 0 atom stereocenters. The van der Waals surface area contributed by atoms with Gasteiger partial charge in [-0.1, -0.05) is 48.5 Å². The quantitative estimate of drug-likeness (QED) is 0.427. The summed E-state index contributed by atoms with van der Waals surface area (Å²) in [6, 6.07) is 19.7. The number of amides is 2. The highest BCUT2D eigenvalue weighted by atomic mass is 16.4. The van der Waals surface area contributed by atoms with E-state index in [0.717, 1.165) is 5.69 Å². The minimum atomic E-state index is -0.979. The highest BCUT2D eigenvalue weighted by Gasteiger charge is 2.22. The van der Waals surface area contributed by atoms with Crippen LogP contribution in [-0.2, 0) is 11.2 Å². The second-order valence-electron chi connectivity index (χ2n) is 7.60. The van der Waals surface area contributed by atoms with E-state index in [2.05, 4.69) is 16.9 Å². The van der Waals surface area contributed by atoms with E-state index in [4.69, 9.17) is 0 Å². The van der Waals surface area contributed by atoms with Gasteiger partial charge in [-0.25, -0.2) is 0 Å². The van der Waals surface area contributed by atoms with Crippen molar-refractivity contribution in [2.45, 2.75) is 12.8 Å². The van der Waals surface area contributed by atoms with Gasteiger partial charge in [-0.15, -0.1) is 6.58 Å². The van der Waals surface area contributed by atoms with Crippen LogP contribution in [0.15, 0.2) is 85.6 Å². The number of carbonyl (C=O) groups excluding carboxylic acids is 2. The van der Waals surface area contributed by atoms with E-state index in [1.165, 1.54) is 4.90 Å². The summed E-state index contributed by atoms with van der Waals surface area (Å²) in [6.45, 7) is 4.33. The highest BCUT2D eigenvalue weighted by Crippen LogP contribution is 2.28. The molecule has 0 aliphatic rings. The number of pyridine rings is 1. The van der Waals surface area contributed by atoms with Gasteiger partial charge in [0, 0.05) is 49.1 Å². The molecule has 3 rings (SSSR count). The smallest absolute Gasteiger partial charge is 0.305 e. The Hall–Kier alpha value is -4.26. The predicted octanol–water partition coefficient (Wildman–Crippen LogP) is 3.82. The van der Waals surface area contributed by atoms with Gasteiger partial charge >= 0.3 is 5.97 Å². The Morgan fingerprint density at radius 3 is 2.21 bits per heavy atom. The summed E-state index contributed by atoms with van der Waals surface area (Å²) in [6.07, 6.45) is 3.61. The molecule has 0 saturated carbocycles. The number of aromatic nitrogens is 1. The molecule has 0 bridgehead atoms. The van der Waals surface area contributed by atoms with Gasteiger partial charge in [0.2, 0.25) is 0 Å². The number of nitrogens with one attached hydrogen (secondary N) is 1. The summed E-state index contributed by atoms with van der Waals surface area (Å²) in [5.74, 6) is -1.54. The van der Waals surface area contributed by atoms with Crippen LogP contribution in [0.4, 0.5) is 0 Å². The number of rotatable bonds is 11. The molecule has 7 heteroatoms. The topological polar surface area (TPSA) is 99.6 Å². The zero-order chi connectivity index (χ0) is 24.3. The largest absolute Gasteiger partial charge is 0.481 e. The molecule has 0 radical (unpaired) electrons. The number of carboxylic acids is 1. The Morgan fingerprint density at radius 2 is 1.56 bits per heavy atom. The Bertz CT molecular complexity index is 1160. The van der Waals surface area contributed by atoms with E-state index in [9.17, 15) is 19.5 Å². The number of aliphatic carboxylic acids is 1. The first-order valence-corrected chi connectivity index (χ1v) is 11.0. The van der Waals surface area contributed by atoms with E-state index in [1.807, 2.05) is 24.3 Å². The fourth-order valence-electron chi connectivity index (χ4n) is 3.59. The van der Waals surface area contributed by atoms with Gasteiger partial charge in [0.1, 0.15) is 0 Å². The molecule has 7 nitrogen and oxygen atoms in total. The summed E-state index contributed by atoms with van der Waals surface area (Å²) < 4.78 is 0. The van der Waals surface area contributed by atoms with Crippen molar-refractivity contribution in [1.29, 1.82) is 0 Å². The van der Waals surface area contributed by atoms with Crippen LogP contribution in [0.1, 0.15) is 32.8 Å². The molecule has 0 spiro atoms. The summed E-state index contributed by atoms with van der Waals surface area (Å²) in [7, 11) is 0. The first-order chi connectivity index (χ1) is 16.5. The number of hydrogen-bond acceptors (Lipinski definition) is 4. The van der Waals surface area contributed by atoms with Crippen molar-refractivity contribution in [3.05, 3.63) is 102 Å². The fraction of sp³-hybridized carbons (Fsp3) is 0.185. The molecule has 2 aromatic carbocycles. The Morgan fingerprint density at radius 1 is 0.912 bits per heavy atom. The van der Waals surface area contributed by atoms with Crippen LogP contribution in [0.25, 0.3) is 11.1 Å². The first-order valence-electron chi connectivity index (χ1n) is 11.0. The van der Waals surface area contributed by atoms with Crippen LogP contribution in [0, 0.1) is 0 Å². The van der Waals surface area contributed by atoms with Gasteiger partial charge in [0.05, 0.1) is 6.42 Å². The van der Waals surface area contributed by atoms with Crippen molar-refractivity contribution in [3.63, 3.8) is 0 Å². The molecular formula is C27H27N3O4. The fourth-order valence-corrected chi connectivity index (χ4v) is 3.59. The maximum atomic E-state index is 13.6. The Balaban J connectivity index is 1.94. The van der Waals surface area contributed by atoms with Gasteiger partial charge in [-0.05, 0) is 35.4 Å². The van der Waals surface area contributed by atoms with E-state index in [1.54, 1.807) is 54.7 Å². The number of carboxylic acid groups (broad SMARTS) is 1. The molecule has 0 aliphatic carbocycles. The highest BCUT2D eigenvalue weighted by molar-refractivity contribution is 6.06. The summed E-state index contributed by atoms with van der Waals surface area (Å²) >= 11 is 0. The third-order valence-corrected chi connectivity index (χ3v) is 5.27. The number of benzene rings is 2. The number of hydrogen-bond donors (Lipinski definition) is 2. The maximum Gasteiger partial charge on any atom is 0.305 e. The SMILES string of the molecule is C=CCNC(=O)c1ccccc1-c1ccccc1C(=O)N(CCC(=O)O)CCc1ccccn1. The monoisotopic (exact) mass is 457 g/mol. The lowest BCUT2D eigenvalue weighted by atomic mass is 9.94. The summed E-state index contributed by atoms with van der Waals surface area (Å²) in [5, 5.41) is 12.0. The van der Waals surface area contributed by atoms with E-state index in [0.29, 0.717) is 41.8 Å². The second kappa shape index (κ2) is 12.1. The summed E-state index contributed by atoms with van der Waals surface area (Å²) in [4.78, 5) is 43.4. The molecule has 0 unspecified atom stereocenters. The van der Waals surface area contributed by atoms with Crippen molar-refractivity contribution in [3.8, 4) is 11.1 Å². The Kier molecular flexibility index (Phi) is 8.68. The minimum Gasteiger partial charge on any atom is -0.481 e. The zero-order valence-electron chi connectivity index (χ0n) is 18.8. The molecule has 174 valence electrons. The number of carbonyl (C=O) groups is 3. The Labute approximate surface area is 198 Å². The molecule has 2 amide bonds.